The molecule has 1 heterocycles. The van der Waals surface area contributed by atoms with Gasteiger partial charge in [-0.05, 0) is 40.6 Å². The maximum absolute atomic E-state index is 12.3. The Morgan fingerprint density at radius 1 is 1.46 bits per heavy atom. The van der Waals surface area contributed by atoms with Gasteiger partial charge >= 0.3 is 0 Å². The molecule has 0 saturated heterocycles. The van der Waals surface area contributed by atoms with Crippen molar-refractivity contribution in [2.45, 2.75) is 13.3 Å². The summed E-state index contributed by atoms with van der Waals surface area (Å²) in [5.74, 6) is -0.0163. The van der Waals surface area contributed by atoms with Gasteiger partial charge in [0.1, 0.15) is 22.4 Å². The van der Waals surface area contributed by atoms with E-state index in [1.54, 1.807) is 6.07 Å². The van der Waals surface area contributed by atoms with E-state index in [0.717, 1.165) is 15.9 Å². The molecule has 0 aliphatic heterocycles. The van der Waals surface area contributed by atoms with Gasteiger partial charge in [0, 0.05) is 10.0 Å². The van der Waals surface area contributed by atoms with Gasteiger partial charge in [-0.15, -0.1) is 10.2 Å². The van der Waals surface area contributed by atoms with Crippen molar-refractivity contribution in [1.29, 1.82) is 5.26 Å². The van der Waals surface area contributed by atoms with Gasteiger partial charge in [-0.2, -0.15) is 5.26 Å². The van der Waals surface area contributed by atoms with E-state index in [9.17, 15) is 10.1 Å². The fourth-order valence-electron chi connectivity index (χ4n) is 1.82. The zero-order valence-electron chi connectivity index (χ0n) is 12.8. The third-order valence-electron chi connectivity index (χ3n) is 2.90. The first kappa shape index (κ1) is 18.6. The molecule has 0 unspecified atom stereocenters. The highest BCUT2D eigenvalue weighted by atomic mass is 79.9. The van der Waals surface area contributed by atoms with Gasteiger partial charge in [-0.25, -0.2) is 0 Å². The summed E-state index contributed by atoms with van der Waals surface area (Å²) in [6.07, 6.45) is 2.20. The van der Waals surface area contributed by atoms with E-state index in [0.29, 0.717) is 20.9 Å². The molecular formula is C15H12Br2N4O2S. The van der Waals surface area contributed by atoms with Crippen LogP contribution >= 0.6 is 43.2 Å². The molecule has 124 valence electrons. The third kappa shape index (κ3) is 4.41. The molecule has 24 heavy (non-hydrogen) atoms. The van der Waals surface area contributed by atoms with E-state index in [2.05, 4.69) is 47.4 Å². The van der Waals surface area contributed by atoms with Gasteiger partial charge in [0.15, 0.2) is 0 Å². The molecule has 9 heteroatoms. The Bertz CT molecular complexity index is 842. The lowest BCUT2D eigenvalue weighted by atomic mass is 10.1. The summed E-state index contributed by atoms with van der Waals surface area (Å²) in [4.78, 5) is 12.3. The number of anilines is 1. The van der Waals surface area contributed by atoms with Crippen LogP contribution in [0.3, 0.4) is 0 Å². The van der Waals surface area contributed by atoms with E-state index in [4.69, 9.17) is 4.74 Å². The maximum Gasteiger partial charge on any atom is 0.268 e. The van der Waals surface area contributed by atoms with E-state index < -0.39 is 5.91 Å². The van der Waals surface area contributed by atoms with Crippen molar-refractivity contribution in [3.63, 3.8) is 0 Å². The summed E-state index contributed by atoms with van der Waals surface area (Å²) in [6.45, 7) is 1.95. The predicted molar refractivity (Wildman–Crippen MR) is 99.9 cm³/mol. The lowest BCUT2D eigenvalue weighted by Crippen LogP contribution is -2.13. The summed E-state index contributed by atoms with van der Waals surface area (Å²) in [5, 5.41) is 20.9. The third-order valence-corrected chi connectivity index (χ3v) is 4.93. The number of carbonyl (C=O) groups excluding carboxylic acids is 1. The van der Waals surface area contributed by atoms with Gasteiger partial charge in [0.05, 0.1) is 11.6 Å². The molecule has 0 bridgehead atoms. The first-order valence-corrected chi connectivity index (χ1v) is 9.17. The standard InChI is InChI=1S/C15H12Br2N4O2S/c1-3-12-20-21-15(24-12)19-14(22)9(7-18)4-8-5-10(16)6-11(17)13(8)23-2/h4-6H,3H2,1-2H3,(H,19,21,22)/b9-4+. The first-order valence-electron chi connectivity index (χ1n) is 6.77. The van der Waals surface area contributed by atoms with Gasteiger partial charge in [-0.3, -0.25) is 10.1 Å². The molecule has 0 spiro atoms. The van der Waals surface area contributed by atoms with Gasteiger partial charge in [0.25, 0.3) is 5.91 Å². The number of nitriles is 1. The van der Waals surface area contributed by atoms with Crippen molar-refractivity contribution in [3.05, 3.63) is 37.2 Å². The van der Waals surface area contributed by atoms with E-state index in [1.807, 2.05) is 19.1 Å². The molecule has 2 rings (SSSR count). The Kier molecular flexibility index (Phi) is 6.48. The Morgan fingerprint density at radius 3 is 2.79 bits per heavy atom. The van der Waals surface area contributed by atoms with Crippen LogP contribution in [0.4, 0.5) is 5.13 Å². The smallest absolute Gasteiger partial charge is 0.268 e. The number of benzene rings is 1. The minimum absolute atomic E-state index is 0.0634. The lowest BCUT2D eigenvalue weighted by molar-refractivity contribution is -0.112. The summed E-state index contributed by atoms with van der Waals surface area (Å²) < 4.78 is 6.81. The largest absolute Gasteiger partial charge is 0.495 e. The number of amides is 1. The number of hydrogen-bond acceptors (Lipinski definition) is 6. The van der Waals surface area contributed by atoms with Crippen LogP contribution in [-0.2, 0) is 11.2 Å². The van der Waals surface area contributed by atoms with Crippen LogP contribution in [0.15, 0.2) is 26.7 Å². The van der Waals surface area contributed by atoms with Gasteiger partial charge < -0.3 is 4.74 Å². The Balaban J connectivity index is 2.32. The molecular weight excluding hydrogens is 460 g/mol. The fraction of sp³-hybridized carbons (Fsp3) is 0.200. The van der Waals surface area contributed by atoms with Crippen LogP contribution in [0.1, 0.15) is 17.5 Å². The minimum Gasteiger partial charge on any atom is -0.495 e. The van der Waals surface area contributed by atoms with Crippen LogP contribution in [0.5, 0.6) is 5.75 Å². The van der Waals surface area contributed by atoms with E-state index in [-0.39, 0.29) is 5.57 Å². The predicted octanol–water partition coefficient (Wildman–Crippen LogP) is 4.18. The zero-order valence-corrected chi connectivity index (χ0v) is 16.7. The van der Waals surface area contributed by atoms with Crippen molar-refractivity contribution in [1.82, 2.24) is 10.2 Å². The normalized spacial score (nSPS) is 11.0. The summed E-state index contributed by atoms with van der Waals surface area (Å²) in [7, 11) is 1.52. The molecule has 1 aromatic heterocycles. The number of nitrogens with zero attached hydrogens (tertiary/aromatic N) is 3. The molecule has 6 nitrogen and oxygen atoms in total. The second-order valence-corrected chi connectivity index (χ2v) is 7.32. The number of methoxy groups -OCH3 is 1. The van der Waals surface area contributed by atoms with Crippen LogP contribution in [-0.4, -0.2) is 23.2 Å². The molecule has 0 aliphatic rings. The number of aromatic nitrogens is 2. The van der Waals surface area contributed by atoms with E-state index in [1.165, 1.54) is 24.5 Å². The van der Waals surface area contributed by atoms with Crippen LogP contribution in [0.2, 0.25) is 0 Å². The number of hydrogen-bond donors (Lipinski definition) is 1. The van der Waals surface area contributed by atoms with Gasteiger partial charge in [0.2, 0.25) is 5.13 Å². The molecule has 1 amide bonds. The number of rotatable bonds is 5. The molecule has 0 aliphatic carbocycles. The SMILES string of the molecule is CCc1nnc(NC(=O)/C(C#N)=C/c2cc(Br)cc(Br)c2OC)s1. The molecule has 1 aromatic carbocycles. The van der Waals surface area contributed by atoms with Crippen LogP contribution < -0.4 is 10.1 Å². The van der Waals surface area contributed by atoms with Crippen molar-refractivity contribution < 1.29 is 9.53 Å². The maximum atomic E-state index is 12.3. The summed E-state index contributed by atoms with van der Waals surface area (Å²) >= 11 is 8.04. The van der Waals surface area contributed by atoms with Crippen LogP contribution in [0.25, 0.3) is 6.08 Å². The topological polar surface area (TPSA) is 87.9 Å². The van der Waals surface area contributed by atoms with Crippen molar-refractivity contribution in [2.24, 2.45) is 0 Å². The Morgan fingerprint density at radius 2 is 2.21 bits per heavy atom. The number of nitrogens with one attached hydrogen (secondary N) is 1. The van der Waals surface area contributed by atoms with E-state index >= 15 is 0 Å². The molecule has 0 atom stereocenters. The van der Waals surface area contributed by atoms with Crippen molar-refractivity contribution in [2.75, 3.05) is 12.4 Å². The quantitative estimate of drug-likeness (QED) is 0.522. The number of ether oxygens (including phenoxy) is 1. The minimum atomic E-state index is -0.547. The van der Waals surface area contributed by atoms with Gasteiger partial charge in [-0.1, -0.05) is 34.2 Å². The molecule has 0 radical (unpaired) electrons. The first-order chi connectivity index (χ1) is 11.5. The van der Waals surface area contributed by atoms with Crippen LogP contribution in [0, 0.1) is 11.3 Å². The monoisotopic (exact) mass is 470 g/mol. The van der Waals surface area contributed by atoms with Crippen molar-refractivity contribution >= 4 is 60.3 Å². The molecule has 2 aromatic rings. The number of carbonyl (C=O) groups is 1. The highest BCUT2D eigenvalue weighted by molar-refractivity contribution is 9.11. The number of aryl methyl sites for hydroxylation is 1. The average molecular weight is 472 g/mol. The second kappa shape index (κ2) is 8.37. The second-order valence-electron chi connectivity index (χ2n) is 4.49. The van der Waals surface area contributed by atoms with Crippen molar-refractivity contribution in [3.8, 4) is 11.8 Å². The average Bonchev–Trinajstić information content (AvgIpc) is 2.99. The Labute approximate surface area is 159 Å². The zero-order chi connectivity index (χ0) is 17.7. The lowest BCUT2D eigenvalue weighted by Gasteiger charge is -2.09. The summed E-state index contributed by atoms with van der Waals surface area (Å²) in [6, 6.07) is 5.47. The summed E-state index contributed by atoms with van der Waals surface area (Å²) in [5.41, 5.74) is 0.531. The molecule has 0 fully saturated rings. The Hall–Kier alpha value is -1.76. The fourth-order valence-corrected chi connectivity index (χ4v) is 3.91. The highest BCUT2D eigenvalue weighted by Gasteiger charge is 2.15. The molecule has 0 saturated carbocycles. The highest BCUT2D eigenvalue weighted by Crippen LogP contribution is 2.34. The molecule has 1 N–H and O–H groups in total. The number of halogens is 2.